The Kier molecular flexibility index (Phi) is 5.21. The van der Waals surface area contributed by atoms with Gasteiger partial charge in [-0.15, -0.1) is 0 Å². The number of benzene rings is 1. The summed E-state index contributed by atoms with van der Waals surface area (Å²) in [7, 11) is 0. The SMILES string of the molecule is CCCn1cc(NC(=O)NCc2cccc3c2NC(=O)CO3)ccc1=O. The molecule has 0 atom stereocenters. The highest BCUT2D eigenvalue weighted by molar-refractivity contribution is 5.96. The molecule has 0 radical (unpaired) electrons. The summed E-state index contributed by atoms with van der Waals surface area (Å²) in [5.74, 6) is 0.350. The molecular weight excluding hydrogens is 336 g/mol. The van der Waals surface area contributed by atoms with E-state index in [9.17, 15) is 14.4 Å². The van der Waals surface area contributed by atoms with Crippen molar-refractivity contribution in [2.45, 2.75) is 26.4 Å². The average molecular weight is 356 g/mol. The van der Waals surface area contributed by atoms with Gasteiger partial charge in [-0.1, -0.05) is 19.1 Å². The number of carbonyl (C=O) groups is 2. The Bertz CT molecular complexity index is 891. The van der Waals surface area contributed by atoms with Gasteiger partial charge >= 0.3 is 6.03 Å². The zero-order valence-electron chi connectivity index (χ0n) is 14.4. The van der Waals surface area contributed by atoms with Crippen molar-refractivity contribution >= 4 is 23.3 Å². The minimum Gasteiger partial charge on any atom is -0.482 e. The van der Waals surface area contributed by atoms with Crippen molar-refractivity contribution in [2.24, 2.45) is 0 Å². The molecule has 8 heteroatoms. The van der Waals surface area contributed by atoms with Crippen LogP contribution in [0.3, 0.4) is 0 Å². The van der Waals surface area contributed by atoms with E-state index >= 15 is 0 Å². The third-order valence-corrected chi connectivity index (χ3v) is 3.88. The van der Waals surface area contributed by atoms with E-state index in [4.69, 9.17) is 4.74 Å². The standard InChI is InChI=1S/C18H20N4O4/c1-2-8-22-10-13(6-7-16(22)24)20-18(25)19-9-12-4-3-5-14-17(12)21-15(23)11-26-14/h3-7,10H,2,8-9,11H2,1H3,(H,21,23)(H2,19,20,25). The monoisotopic (exact) mass is 356 g/mol. The van der Waals surface area contributed by atoms with Crippen LogP contribution in [0.15, 0.2) is 41.3 Å². The number of aromatic nitrogens is 1. The van der Waals surface area contributed by atoms with Crippen molar-refractivity contribution in [2.75, 3.05) is 17.2 Å². The first-order chi connectivity index (χ1) is 12.6. The summed E-state index contributed by atoms with van der Waals surface area (Å²) < 4.78 is 6.91. The summed E-state index contributed by atoms with van der Waals surface area (Å²) in [6.45, 7) is 2.76. The van der Waals surface area contributed by atoms with Crippen LogP contribution in [0.1, 0.15) is 18.9 Å². The number of carbonyl (C=O) groups excluding carboxylic acids is 2. The van der Waals surface area contributed by atoms with Gasteiger partial charge in [-0.3, -0.25) is 9.59 Å². The van der Waals surface area contributed by atoms with Gasteiger partial charge in [0, 0.05) is 25.4 Å². The number of hydrogen-bond donors (Lipinski definition) is 3. The first-order valence-corrected chi connectivity index (χ1v) is 8.36. The van der Waals surface area contributed by atoms with E-state index < -0.39 is 6.03 Å². The second-order valence-corrected chi connectivity index (χ2v) is 5.88. The van der Waals surface area contributed by atoms with Gasteiger partial charge < -0.3 is 25.3 Å². The molecule has 0 fully saturated rings. The van der Waals surface area contributed by atoms with E-state index in [0.29, 0.717) is 23.7 Å². The van der Waals surface area contributed by atoms with Crippen molar-refractivity contribution in [1.82, 2.24) is 9.88 Å². The normalized spacial score (nSPS) is 12.6. The van der Waals surface area contributed by atoms with Crippen LogP contribution in [-0.2, 0) is 17.9 Å². The van der Waals surface area contributed by atoms with Crippen molar-refractivity contribution in [3.05, 3.63) is 52.4 Å². The zero-order valence-corrected chi connectivity index (χ0v) is 14.4. The predicted octanol–water partition coefficient (Wildman–Crippen LogP) is 1.91. The zero-order chi connectivity index (χ0) is 18.5. The summed E-state index contributed by atoms with van der Waals surface area (Å²) in [6.07, 6.45) is 2.44. The van der Waals surface area contributed by atoms with E-state index in [1.165, 1.54) is 6.07 Å². The largest absolute Gasteiger partial charge is 0.482 e. The number of urea groups is 1. The summed E-state index contributed by atoms with van der Waals surface area (Å²) in [6, 6.07) is 7.93. The molecule has 3 N–H and O–H groups in total. The fraction of sp³-hybridized carbons (Fsp3) is 0.278. The van der Waals surface area contributed by atoms with Crippen LogP contribution >= 0.6 is 0 Å². The van der Waals surface area contributed by atoms with Crippen LogP contribution in [-0.4, -0.2) is 23.1 Å². The molecule has 136 valence electrons. The van der Waals surface area contributed by atoms with Gasteiger partial charge in [0.15, 0.2) is 6.61 Å². The van der Waals surface area contributed by atoms with E-state index in [2.05, 4.69) is 16.0 Å². The summed E-state index contributed by atoms with van der Waals surface area (Å²) in [5, 5.41) is 8.19. The van der Waals surface area contributed by atoms with Gasteiger partial charge in [0.25, 0.3) is 11.5 Å². The van der Waals surface area contributed by atoms with Gasteiger partial charge in [0.05, 0.1) is 11.4 Å². The molecule has 0 saturated heterocycles. The molecule has 26 heavy (non-hydrogen) atoms. The Hall–Kier alpha value is -3.29. The molecule has 2 heterocycles. The van der Waals surface area contributed by atoms with E-state index in [0.717, 1.165) is 12.0 Å². The van der Waals surface area contributed by atoms with Crippen LogP contribution in [0.25, 0.3) is 0 Å². The highest BCUT2D eigenvalue weighted by Crippen LogP contribution is 2.30. The van der Waals surface area contributed by atoms with E-state index in [1.807, 2.05) is 6.92 Å². The second kappa shape index (κ2) is 7.73. The summed E-state index contributed by atoms with van der Waals surface area (Å²) in [4.78, 5) is 35.4. The summed E-state index contributed by atoms with van der Waals surface area (Å²) >= 11 is 0. The Balaban J connectivity index is 1.64. The van der Waals surface area contributed by atoms with Gasteiger partial charge in [-0.25, -0.2) is 4.79 Å². The van der Waals surface area contributed by atoms with E-state index in [1.54, 1.807) is 35.0 Å². The van der Waals surface area contributed by atoms with Gasteiger partial charge in [0.1, 0.15) is 5.75 Å². The highest BCUT2D eigenvalue weighted by Gasteiger charge is 2.18. The quantitative estimate of drug-likeness (QED) is 0.762. The third-order valence-electron chi connectivity index (χ3n) is 3.88. The van der Waals surface area contributed by atoms with Crippen LogP contribution in [0.2, 0.25) is 0 Å². The average Bonchev–Trinajstić information content (AvgIpc) is 2.63. The molecule has 3 amide bonds. The number of para-hydroxylation sites is 1. The molecule has 1 aromatic heterocycles. The summed E-state index contributed by atoms with van der Waals surface area (Å²) in [5.41, 5.74) is 1.73. The second-order valence-electron chi connectivity index (χ2n) is 5.88. The van der Waals surface area contributed by atoms with Crippen molar-refractivity contribution in [3.8, 4) is 5.75 Å². The Morgan fingerprint density at radius 3 is 2.92 bits per heavy atom. The molecular formula is C18H20N4O4. The maximum absolute atomic E-state index is 12.1. The Morgan fingerprint density at radius 2 is 2.12 bits per heavy atom. The fourth-order valence-corrected chi connectivity index (χ4v) is 2.68. The lowest BCUT2D eigenvalue weighted by molar-refractivity contribution is -0.118. The lowest BCUT2D eigenvalue weighted by Gasteiger charge is -2.20. The molecule has 1 aromatic carbocycles. The van der Waals surface area contributed by atoms with E-state index in [-0.39, 0.29) is 24.6 Å². The Labute approximate surface area is 150 Å². The minimum atomic E-state index is -0.410. The lowest BCUT2D eigenvalue weighted by Crippen LogP contribution is -2.31. The maximum Gasteiger partial charge on any atom is 0.319 e. The smallest absolute Gasteiger partial charge is 0.319 e. The van der Waals surface area contributed by atoms with Crippen molar-refractivity contribution in [1.29, 1.82) is 0 Å². The van der Waals surface area contributed by atoms with Gasteiger partial charge in [-0.05, 0) is 24.1 Å². The van der Waals surface area contributed by atoms with Crippen molar-refractivity contribution in [3.63, 3.8) is 0 Å². The van der Waals surface area contributed by atoms with Crippen LogP contribution < -0.4 is 26.2 Å². The molecule has 8 nitrogen and oxygen atoms in total. The molecule has 2 aromatic rings. The molecule has 0 bridgehead atoms. The molecule has 0 spiro atoms. The fourth-order valence-electron chi connectivity index (χ4n) is 2.68. The third kappa shape index (κ3) is 4.02. The Morgan fingerprint density at radius 1 is 1.27 bits per heavy atom. The van der Waals surface area contributed by atoms with Crippen molar-refractivity contribution < 1.29 is 14.3 Å². The highest BCUT2D eigenvalue weighted by atomic mass is 16.5. The van der Waals surface area contributed by atoms with Crippen LogP contribution in [0.5, 0.6) is 5.75 Å². The molecule has 0 unspecified atom stereocenters. The maximum atomic E-state index is 12.1. The number of pyridine rings is 1. The minimum absolute atomic E-state index is 0.0160. The van der Waals surface area contributed by atoms with Crippen LogP contribution in [0, 0.1) is 0 Å². The van der Waals surface area contributed by atoms with Crippen LogP contribution in [0.4, 0.5) is 16.2 Å². The molecule has 3 rings (SSSR count). The van der Waals surface area contributed by atoms with Gasteiger partial charge in [0.2, 0.25) is 0 Å². The molecule has 0 saturated carbocycles. The molecule has 1 aliphatic heterocycles. The number of aryl methyl sites for hydroxylation is 1. The number of fused-ring (bicyclic) bond motifs is 1. The number of nitrogens with zero attached hydrogens (tertiary/aromatic N) is 1. The lowest BCUT2D eigenvalue weighted by atomic mass is 10.1. The number of anilines is 2. The number of hydrogen-bond acceptors (Lipinski definition) is 4. The topological polar surface area (TPSA) is 101 Å². The predicted molar refractivity (Wildman–Crippen MR) is 97.4 cm³/mol. The number of amides is 3. The number of ether oxygens (including phenoxy) is 1. The molecule has 1 aliphatic rings. The number of nitrogens with one attached hydrogen (secondary N) is 3. The first-order valence-electron chi connectivity index (χ1n) is 8.36. The number of rotatable bonds is 5. The van der Waals surface area contributed by atoms with Gasteiger partial charge in [-0.2, -0.15) is 0 Å². The first kappa shape index (κ1) is 17.5. The molecule has 0 aliphatic carbocycles.